The summed E-state index contributed by atoms with van der Waals surface area (Å²) >= 11 is 0. The van der Waals surface area contributed by atoms with Gasteiger partial charge in [0.1, 0.15) is 11.6 Å². The number of aliphatic hydroxyl groups excluding tert-OH is 1. The molecule has 17 heavy (non-hydrogen) atoms. The number of aromatic nitrogens is 2. The quantitative estimate of drug-likeness (QED) is 0.675. The zero-order chi connectivity index (χ0) is 12.7. The molecule has 0 aromatic carbocycles. The highest BCUT2D eigenvalue weighted by molar-refractivity contribution is 5.42. The zero-order valence-corrected chi connectivity index (χ0v) is 10.8. The average molecular weight is 238 g/mol. The van der Waals surface area contributed by atoms with Gasteiger partial charge in [-0.25, -0.2) is 4.98 Å². The van der Waals surface area contributed by atoms with Crippen LogP contribution in [0.4, 0.5) is 11.6 Å². The highest BCUT2D eigenvalue weighted by atomic mass is 16.3. The first-order valence-electron chi connectivity index (χ1n) is 6.10. The molecule has 0 spiro atoms. The van der Waals surface area contributed by atoms with E-state index in [0.29, 0.717) is 11.7 Å². The molecule has 1 rings (SSSR count). The fourth-order valence-corrected chi connectivity index (χ4v) is 1.39. The van der Waals surface area contributed by atoms with E-state index in [2.05, 4.69) is 41.4 Å². The maximum Gasteiger partial charge on any atom is 0.147 e. The molecule has 1 aromatic rings. The van der Waals surface area contributed by atoms with Crippen LogP contribution in [0.25, 0.3) is 0 Å². The van der Waals surface area contributed by atoms with Crippen LogP contribution in [-0.4, -0.2) is 34.3 Å². The van der Waals surface area contributed by atoms with Crippen LogP contribution < -0.4 is 10.6 Å². The monoisotopic (exact) mass is 238 g/mol. The van der Waals surface area contributed by atoms with Gasteiger partial charge < -0.3 is 15.7 Å². The van der Waals surface area contributed by atoms with Crippen molar-refractivity contribution < 1.29 is 5.11 Å². The highest BCUT2D eigenvalue weighted by Gasteiger charge is 2.12. The fraction of sp³-hybridized carbons (Fsp3) is 0.667. The van der Waals surface area contributed by atoms with Gasteiger partial charge in [0.15, 0.2) is 0 Å². The van der Waals surface area contributed by atoms with Gasteiger partial charge in [-0.3, -0.25) is 4.98 Å². The summed E-state index contributed by atoms with van der Waals surface area (Å²) in [6.45, 7) is 7.18. The number of aliphatic hydroxyl groups is 1. The Labute approximate surface area is 103 Å². The van der Waals surface area contributed by atoms with E-state index in [1.54, 1.807) is 12.4 Å². The molecular weight excluding hydrogens is 216 g/mol. The SMILES string of the molecule is CCCNc1cncc(N[C@H](CO)C(C)C)n1. The third kappa shape index (κ3) is 4.56. The average Bonchev–Trinajstić information content (AvgIpc) is 2.33. The van der Waals surface area contributed by atoms with Crippen molar-refractivity contribution in [3.8, 4) is 0 Å². The van der Waals surface area contributed by atoms with Crippen LogP contribution in [0.15, 0.2) is 12.4 Å². The largest absolute Gasteiger partial charge is 0.394 e. The van der Waals surface area contributed by atoms with Gasteiger partial charge in [-0.05, 0) is 12.3 Å². The number of nitrogens with zero attached hydrogens (tertiary/aromatic N) is 2. The minimum absolute atomic E-state index is 0.00530. The van der Waals surface area contributed by atoms with Gasteiger partial charge in [-0.1, -0.05) is 20.8 Å². The Morgan fingerprint density at radius 3 is 2.59 bits per heavy atom. The maximum absolute atomic E-state index is 9.24. The predicted molar refractivity (Wildman–Crippen MR) is 70.1 cm³/mol. The van der Waals surface area contributed by atoms with E-state index in [1.807, 2.05) is 0 Å². The Morgan fingerprint density at radius 1 is 1.29 bits per heavy atom. The number of rotatable bonds is 7. The van der Waals surface area contributed by atoms with Crippen molar-refractivity contribution in [3.05, 3.63) is 12.4 Å². The van der Waals surface area contributed by atoms with Gasteiger partial charge in [0.05, 0.1) is 25.0 Å². The van der Waals surface area contributed by atoms with Crippen LogP contribution in [0.1, 0.15) is 27.2 Å². The second-order valence-electron chi connectivity index (χ2n) is 4.39. The van der Waals surface area contributed by atoms with Gasteiger partial charge in [0.25, 0.3) is 0 Å². The lowest BCUT2D eigenvalue weighted by atomic mass is 10.1. The first-order chi connectivity index (χ1) is 8.17. The lowest BCUT2D eigenvalue weighted by Crippen LogP contribution is -2.30. The summed E-state index contributed by atoms with van der Waals surface area (Å²) in [5.41, 5.74) is 0. The Hall–Kier alpha value is -1.36. The number of anilines is 2. The molecule has 0 unspecified atom stereocenters. The number of hydrogen-bond donors (Lipinski definition) is 3. The lowest BCUT2D eigenvalue weighted by molar-refractivity contribution is 0.249. The van der Waals surface area contributed by atoms with Crippen molar-refractivity contribution in [2.45, 2.75) is 33.2 Å². The molecule has 5 heteroatoms. The van der Waals surface area contributed by atoms with Crippen molar-refractivity contribution >= 4 is 11.6 Å². The van der Waals surface area contributed by atoms with E-state index in [1.165, 1.54) is 0 Å². The van der Waals surface area contributed by atoms with Gasteiger partial charge in [0, 0.05) is 6.54 Å². The Morgan fingerprint density at radius 2 is 2.00 bits per heavy atom. The summed E-state index contributed by atoms with van der Waals surface area (Å²) in [5, 5.41) is 15.6. The summed E-state index contributed by atoms with van der Waals surface area (Å²) in [6, 6.07) is 0.00530. The zero-order valence-electron chi connectivity index (χ0n) is 10.8. The van der Waals surface area contributed by atoms with Crippen LogP contribution in [0, 0.1) is 5.92 Å². The van der Waals surface area contributed by atoms with Crippen LogP contribution in [0.3, 0.4) is 0 Å². The summed E-state index contributed by atoms with van der Waals surface area (Å²) in [4.78, 5) is 8.50. The fourth-order valence-electron chi connectivity index (χ4n) is 1.39. The molecule has 1 aromatic heterocycles. The molecule has 1 heterocycles. The third-order valence-corrected chi connectivity index (χ3v) is 2.53. The summed E-state index contributed by atoms with van der Waals surface area (Å²) in [6.07, 6.45) is 4.41. The predicted octanol–water partition coefficient (Wildman–Crippen LogP) is 1.73. The minimum Gasteiger partial charge on any atom is -0.394 e. The van der Waals surface area contributed by atoms with E-state index in [-0.39, 0.29) is 12.6 Å². The molecule has 0 aliphatic heterocycles. The summed E-state index contributed by atoms with van der Waals surface area (Å²) in [7, 11) is 0. The minimum atomic E-state index is 0.00530. The van der Waals surface area contributed by atoms with Gasteiger partial charge >= 0.3 is 0 Å². The molecule has 0 amide bonds. The lowest BCUT2D eigenvalue weighted by Gasteiger charge is -2.20. The van der Waals surface area contributed by atoms with Gasteiger partial charge in [-0.15, -0.1) is 0 Å². The molecule has 0 saturated heterocycles. The molecule has 0 saturated carbocycles. The standard InChI is InChI=1S/C12H22N4O/c1-4-5-14-11-6-13-7-12(16-11)15-10(8-17)9(2)3/h6-7,9-10,17H,4-5,8H2,1-3H3,(H2,14,15,16)/t10-/m1/s1. The third-order valence-electron chi connectivity index (χ3n) is 2.53. The second kappa shape index (κ2) is 7.06. The summed E-state index contributed by atoms with van der Waals surface area (Å²) in [5.74, 6) is 1.80. The van der Waals surface area contributed by atoms with Crippen molar-refractivity contribution in [2.75, 3.05) is 23.8 Å². The normalized spacial score (nSPS) is 12.5. The number of nitrogens with one attached hydrogen (secondary N) is 2. The van der Waals surface area contributed by atoms with Crippen molar-refractivity contribution in [1.82, 2.24) is 9.97 Å². The van der Waals surface area contributed by atoms with E-state index in [0.717, 1.165) is 18.8 Å². The Bertz CT molecular complexity index is 330. The van der Waals surface area contributed by atoms with Crippen LogP contribution >= 0.6 is 0 Å². The summed E-state index contributed by atoms with van der Waals surface area (Å²) < 4.78 is 0. The molecule has 0 fully saturated rings. The van der Waals surface area contributed by atoms with Crippen LogP contribution in [-0.2, 0) is 0 Å². The maximum atomic E-state index is 9.24. The molecule has 5 nitrogen and oxygen atoms in total. The van der Waals surface area contributed by atoms with Crippen molar-refractivity contribution in [3.63, 3.8) is 0 Å². The molecular formula is C12H22N4O. The molecule has 3 N–H and O–H groups in total. The van der Waals surface area contributed by atoms with Crippen LogP contribution in [0.2, 0.25) is 0 Å². The van der Waals surface area contributed by atoms with Crippen molar-refractivity contribution in [2.24, 2.45) is 5.92 Å². The van der Waals surface area contributed by atoms with Gasteiger partial charge in [-0.2, -0.15) is 0 Å². The highest BCUT2D eigenvalue weighted by Crippen LogP contribution is 2.11. The molecule has 0 bridgehead atoms. The van der Waals surface area contributed by atoms with E-state index < -0.39 is 0 Å². The van der Waals surface area contributed by atoms with E-state index >= 15 is 0 Å². The molecule has 0 radical (unpaired) electrons. The first-order valence-corrected chi connectivity index (χ1v) is 6.10. The van der Waals surface area contributed by atoms with Crippen molar-refractivity contribution in [1.29, 1.82) is 0 Å². The van der Waals surface area contributed by atoms with Gasteiger partial charge in [0.2, 0.25) is 0 Å². The molecule has 0 aliphatic carbocycles. The topological polar surface area (TPSA) is 70.1 Å². The number of hydrogen-bond acceptors (Lipinski definition) is 5. The molecule has 0 aliphatic rings. The van der Waals surface area contributed by atoms with E-state index in [9.17, 15) is 5.11 Å². The smallest absolute Gasteiger partial charge is 0.147 e. The second-order valence-corrected chi connectivity index (χ2v) is 4.39. The molecule has 96 valence electrons. The van der Waals surface area contributed by atoms with E-state index in [4.69, 9.17) is 0 Å². The van der Waals surface area contributed by atoms with Crippen LogP contribution in [0.5, 0.6) is 0 Å². The Kier molecular flexibility index (Phi) is 5.69. The Balaban J connectivity index is 2.64. The first kappa shape index (κ1) is 13.7. The molecule has 1 atom stereocenters.